The zero-order valence-electron chi connectivity index (χ0n) is 9.83. The van der Waals surface area contributed by atoms with E-state index in [1.165, 1.54) is 12.1 Å². The maximum Gasteiger partial charge on any atom is 0.249 e. The zero-order chi connectivity index (χ0) is 12.8. The topological polar surface area (TPSA) is 60.2 Å². The van der Waals surface area contributed by atoms with Crippen LogP contribution in [0.4, 0.5) is 0 Å². The molecule has 92 valence electrons. The van der Waals surface area contributed by atoms with Crippen LogP contribution in [0.15, 0.2) is 18.2 Å². The summed E-state index contributed by atoms with van der Waals surface area (Å²) in [6, 6.07) is 4.57. The van der Waals surface area contributed by atoms with Crippen molar-refractivity contribution in [3.8, 4) is 0 Å². The van der Waals surface area contributed by atoms with Gasteiger partial charge in [0.05, 0.1) is 0 Å². The van der Waals surface area contributed by atoms with E-state index in [1.807, 2.05) is 0 Å². The van der Waals surface area contributed by atoms with Crippen LogP contribution in [0.5, 0.6) is 0 Å². The van der Waals surface area contributed by atoms with E-state index in [1.54, 1.807) is 6.07 Å². The first-order valence-corrected chi connectivity index (χ1v) is 6.06. The van der Waals surface area contributed by atoms with Crippen LogP contribution in [0.2, 0.25) is 5.02 Å². The molecule has 1 aromatic rings. The van der Waals surface area contributed by atoms with E-state index in [4.69, 9.17) is 17.3 Å². The van der Waals surface area contributed by atoms with Crippen molar-refractivity contribution < 1.29 is 9.59 Å². The van der Waals surface area contributed by atoms with Crippen LogP contribution in [0.25, 0.3) is 0 Å². The van der Waals surface area contributed by atoms with Crippen LogP contribution < -0.4 is 5.73 Å². The number of amides is 1. The van der Waals surface area contributed by atoms with Gasteiger partial charge in [-0.25, -0.2) is 0 Å². The van der Waals surface area contributed by atoms with E-state index in [0.29, 0.717) is 17.0 Å². The summed E-state index contributed by atoms with van der Waals surface area (Å²) < 4.78 is 0. The van der Waals surface area contributed by atoms with Gasteiger partial charge in [-0.05, 0) is 24.6 Å². The highest BCUT2D eigenvalue weighted by atomic mass is 35.5. The fourth-order valence-electron chi connectivity index (χ4n) is 1.63. The second-order valence-electron chi connectivity index (χ2n) is 3.93. The highest BCUT2D eigenvalue weighted by Crippen LogP contribution is 2.18. The van der Waals surface area contributed by atoms with Gasteiger partial charge in [-0.2, -0.15) is 0 Å². The molecule has 0 fully saturated rings. The molecule has 3 nitrogen and oxygen atoms in total. The predicted octanol–water partition coefficient (Wildman–Crippen LogP) is 3.20. The van der Waals surface area contributed by atoms with Gasteiger partial charge >= 0.3 is 0 Å². The van der Waals surface area contributed by atoms with Gasteiger partial charge in [-0.15, -0.1) is 0 Å². The first-order valence-electron chi connectivity index (χ1n) is 5.68. The molecule has 0 aliphatic heterocycles. The molecule has 0 radical (unpaired) electrons. The quantitative estimate of drug-likeness (QED) is 0.625. The minimum Gasteiger partial charge on any atom is -0.366 e. The average Bonchev–Trinajstić information content (AvgIpc) is 2.28. The van der Waals surface area contributed by atoms with Crippen LogP contribution in [0, 0.1) is 0 Å². The smallest absolute Gasteiger partial charge is 0.249 e. The van der Waals surface area contributed by atoms with Crippen LogP contribution in [-0.4, -0.2) is 11.7 Å². The Balaban J connectivity index is 2.90. The molecule has 1 rings (SSSR count). The first-order chi connectivity index (χ1) is 8.06. The third-order valence-electron chi connectivity index (χ3n) is 2.55. The van der Waals surface area contributed by atoms with Gasteiger partial charge in [0, 0.05) is 22.6 Å². The molecular weight excluding hydrogens is 238 g/mol. The molecule has 0 atom stereocenters. The lowest BCUT2D eigenvalue weighted by atomic mass is 9.99. The van der Waals surface area contributed by atoms with Crippen molar-refractivity contribution in [1.29, 1.82) is 0 Å². The summed E-state index contributed by atoms with van der Waals surface area (Å²) >= 11 is 5.82. The molecule has 1 aromatic carbocycles. The molecule has 4 heteroatoms. The Bertz CT molecular complexity index is 429. The number of Topliss-reactive ketones (excluding diaryl/α,β-unsaturated/α-hetero) is 1. The van der Waals surface area contributed by atoms with Gasteiger partial charge in [0.1, 0.15) is 0 Å². The minimum absolute atomic E-state index is 0.0743. The molecule has 17 heavy (non-hydrogen) atoms. The maximum atomic E-state index is 11.9. The summed E-state index contributed by atoms with van der Waals surface area (Å²) in [5.41, 5.74) is 5.80. The molecule has 0 spiro atoms. The zero-order valence-corrected chi connectivity index (χ0v) is 10.6. The number of hydrogen-bond acceptors (Lipinski definition) is 2. The molecule has 0 bridgehead atoms. The molecular formula is C13H16ClNO2. The second-order valence-corrected chi connectivity index (χ2v) is 4.37. The summed E-state index contributed by atoms with van der Waals surface area (Å²) in [6.07, 6.45) is 3.29. The Morgan fingerprint density at radius 1 is 1.24 bits per heavy atom. The number of carbonyl (C=O) groups is 2. The van der Waals surface area contributed by atoms with E-state index in [0.717, 1.165) is 19.3 Å². The van der Waals surface area contributed by atoms with Crippen molar-refractivity contribution in [1.82, 2.24) is 0 Å². The van der Waals surface area contributed by atoms with Crippen molar-refractivity contribution >= 4 is 23.3 Å². The molecule has 0 unspecified atom stereocenters. The normalized spacial score (nSPS) is 10.2. The lowest BCUT2D eigenvalue weighted by Crippen LogP contribution is -2.16. The maximum absolute atomic E-state index is 11.9. The van der Waals surface area contributed by atoms with E-state index in [2.05, 4.69) is 6.92 Å². The molecule has 1 amide bonds. The predicted molar refractivity (Wildman–Crippen MR) is 68.4 cm³/mol. The molecule has 2 N–H and O–H groups in total. The Morgan fingerprint density at radius 3 is 2.53 bits per heavy atom. The molecule has 0 aliphatic carbocycles. The number of nitrogens with two attached hydrogens (primary N) is 1. The van der Waals surface area contributed by atoms with Gasteiger partial charge in [0.2, 0.25) is 5.91 Å². The van der Waals surface area contributed by atoms with E-state index < -0.39 is 5.91 Å². The lowest BCUT2D eigenvalue weighted by Gasteiger charge is -2.06. The minimum atomic E-state index is -0.597. The van der Waals surface area contributed by atoms with Crippen LogP contribution >= 0.6 is 11.6 Å². The number of hydrogen-bond donors (Lipinski definition) is 1. The van der Waals surface area contributed by atoms with E-state index >= 15 is 0 Å². The van der Waals surface area contributed by atoms with Crippen molar-refractivity contribution in [3.05, 3.63) is 34.3 Å². The number of primary amides is 1. The standard InChI is InChI=1S/C13H16ClNO2/c1-2-3-4-5-12(16)11-8-9(14)6-7-10(11)13(15)17/h6-8H,2-5H2,1H3,(H2,15,17). The Morgan fingerprint density at radius 2 is 1.94 bits per heavy atom. The molecule has 0 saturated carbocycles. The molecule has 0 aliphatic rings. The SMILES string of the molecule is CCCCCC(=O)c1cc(Cl)ccc1C(N)=O. The number of rotatable bonds is 6. The summed E-state index contributed by atoms with van der Waals surface area (Å²) in [5.74, 6) is -0.671. The average molecular weight is 254 g/mol. The molecule has 0 saturated heterocycles. The van der Waals surface area contributed by atoms with Gasteiger partial charge in [0.25, 0.3) is 0 Å². The summed E-state index contributed by atoms with van der Waals surface area (Å²) in [6.45, 7) is 2.07. The number of unbranched alkanes of at least 4 members (excludes halogenated alkanes) is 2. The van der Waals surface area contributed by atoms with Crippen molar-refractivity contribution in [2.75, 3.05) is 0 Å². The Hall–Kier alpha value is -1.35. The van der Waals surface area contributed by atoms with E-state index in [9.17, 15) is 9.59 Å². The Labute approximate surface area is 106 Å². The number of benzene rings is 1. The van der Waals surface area contributed by atoms with E-state index in [-0.39, 0.29) is 11.3 Å². The second kappa shape index (κ2) is 6.40. The van der Waals surface area contributed by atoms with Crippen LogP contribution in [0.3, 0.4) is 0 Å². The monoisotopic (exact) mass is 253 g/mol. The van der Waals surface area contributed by atoms with Crippen LogP contribution in [0.1, 0.15) is 53.3 Å². The van der Waals surface area contributed by atoms with Crippen molar-refractivity contribution in [2.24, 2.45) is 5.73 Å². The Kier molecular flexibility index (Phi) is 5.16. The summed E-state index contributed by atoms with van der Waals surface area (Å²) in [5, 5.41) is 0.439. The van der Waals surface area contributed by atoms with Crippen molar-refractivity contribution in [2.45, 2.75) is 32.6 Å². The highest BCUT2D eigenvalue weighted by Gasteiger charge is 2.15. The van der Waals surface area contributed by atoms with Gasteiger partial charge in [0.15, 0.2) is 5.78 Å². The lowest BCUT2D eigenvalue weighted by molar-refractivity contribution is 0.0955. The largest absolute Gasteiger partial charge is 0.366 e. The summed E-state index contributed by atoms with van der Waals surface area (Å²) in [7, 11) is 0. The first kappa shape index (κ1) is 13.7. The number of halogens is 1. The van der Waals surface area contributed by atoms with Gasteiger partial charge < -0.3 is 5.73 Å². The van der Waals surface area contributed by atoms with Crippen LogP contribution in [-0.2, 0) is 0 Å². The fraction of sp³-hybridized carbons (Fsp3) is 0.385. The van der Waals surface area contributed by atoms with Gasteiger partial charge in [-0.3, -0.25) is 9.59 Å². The molecule has 0 aromatic heterocycles. The number of carbonyl (C=O) groups excluding carboxylic acids is 2. The summed E-state index contributed by atoms with van der Waals surface area (Å²) in [4.78, 5) is 23.1. The fourth-order valence-corrected chi connectivity index (χ4v) is 1.80. The molecule has 0 heterocycles. The van der Waals surface area contributed by atoms with Crippen molar-refractivity contribution in [3.63, 3.8) is 0 Å². The third kappa shape index (κ3) is 3.86. The highest BCUT2D eigenvalue weighted by molar-refractivity contribution is 6.31. The third-order valence-corrected chi connectivity index (χ3v) is 2.79. The van der Waals surface area contributed by atoms with Gasteiger partial charge in [-0.1, -0.05) is 31.4 Å². The number of ketones is 1.